The Balaban J connectivity index is 2.05. The van der Waals surface area contributed by atoms with Gasteiger partial charge in [-0.05, 0) is 32.0 Å². The number of carbonyl (C=O) groups excluding carboxylic acids is 1. The summed E-state index contributed by atoms with van der Waals surface area (Å²) in [5.74, 6) is 0.771. The zero-order valence-corrected chi connectivity index (χ0v) is 12.5. The number of hydrogen-bond acceptors (Lipinski definition) is 2. The second kappa shape index (κ2) is 6.79. The molecule has 4 nitrogen and oxygen atoms in total. The van der Waals surface area contributed by atoms with Gasteiger partial charge in [-0.1, -0.05) is 35.9 Å². The highest BCUT2D eigenvalue weighted by atomic mass is 16.5. The van der Waals surface area contributed by atoms with Crippen LogP contribution < -0.4 is 15.4 Å². The Morgan fingerprint density at radius 1 is 1.14 bits per heavy atom. The largest absolute Gasteiger partial charge is 0.496 e. The van der Waals surface area contributed by atoms with Crippen LogP contribution in [0, 0.1) is 6.92 Å². The van der Waals surface area contributed by atoms with E-state index in [1.165, 1.54) is 0 Å². The lowest BCUT2D eigenvalue weighted by Gasteiger charge is -2.18. The summed E-state index contributed by atoms with van der Waals surface area (Å²) >= 11 is 0. The van der Waals surface area contributed by atoms with Gasteiger partial charge in [0.1, 0.15) is 5.75 Å². The van der Waals surface area contributed by atoms with Crippen LogP contribution in [0.4, 0.5) is 10.5 Å². The van der Waals surface area contributed by atoms with Crippen LogP contribution in [0.5, 0.6) is 5.75 Å². The van der Waals surface area contributed by atoms with E-state index in [1.54, 1.807) is 7.11 Å². The second-order valence-corrected chi connectivity index (χ2v) is 4.93. The first-order valence-electron chi connectivity index (χ1n) is 6.87. The minimum Gasteiger partial charge on any atom is -0.496 e. The number of amides is 2. The molecular formula is C17H20N2O2. The maximum absolute atomic E-state index is 12.0. The van der Waals surface area contributed by atoms with Gasteiger partial charge in [0.05, 0.1) is 13.2 Å². The third kappa shape index (κ3) is 3.99. The Morgan fingerprint density at radius 2 is 1.86 bits per heavy atom. The standard InChI is InChI=1S/C17H20N2O2/c1-12-9-10-16(21-3)15(11-12)13(2)18-17(20)19-14-7-5-4-6-8-14/h4-11,13H,1-3H3,(H2,18,19,20)/t13-/m1/s1. The smallest absolute Gasteiger partial charge is 0.319 e. The van der Waals surface area contributed by atoms with Crippen LogP contribution in [0.15, 0.2) is 48.5 Å². The summed E-state index contributed by atoms with van der Waals surface area (Å²) in [5, 5.41) is 5.72. The summed E-state index contributed by atoms with van der Waals surface area (Å²) in [5.41, 5.74) is 2.85. The van der Waals surface area contributed by atoms with Crippen LogP contribution in [0.1, 0.15) is 24.1 Å². The van der Waals surface area contributed by atoms with Crippen LogP contribution in [-0.4, -0.2) is 13.1 Å². The number of hydrogen-bond donors (Lipinski definition) is 2. The van der Waals surface area contributed by atoms with Crippen LogP contribution in [0.2, 0.25) is 0 Å². The first-order valence-corrected chi connectivity index (χ1v) is 6.87. The monoisotopic (exact) mass is 284 g/mol. The van der Waals surface area contributed by atoms with Crippen molar-refractivity contribution in [3.63, 3.8) is 0 Å². The number of anilines is 1. The number of para-hydroxylation sites is 1. The van der Waals surface area contributed by atoms with E-state index < -0.39 is 0 Å². The van der Waals surface area contributed by atoms with Gasteiger partial charge in [0.2, 0.25) is 0 Å². The molecule has 0 aliphatic carbocycles. The predicted octanol–water partition coefficient (Wildman–Crippen LogP) is 3.89. The van der Waals surface area contributed by atoms with Crippen molar-refractivity contribution in [1.29, 1.82) is 0 Å². The lowest BCUT2D eigenvalue weighted by molar-refractivity contribution is 0.249. The van der Waals surface area contributed by atoms with Gasteiger partial charge in [0, 0.05) is 11.3 Å². The Kier molecular flexibility index (Phi) is 4.82. The molecule has 2 rings (SSSR count). The molecule has 0 aliphatic heterocycles. The van der Waals surface area contributed by atoms with E-state index in [9.17, 15) is 4.79 Å². The van der Waals surface area contributed by atoms with Gasteiger partial charge in [-0.15, -0.1) is 0 Å². The number of urea groups is 1. The highest BCUT2D eigenvalue weighted by Gasteiger charge is 2.14. The molecule has 2 N–H and O–H groups in total. The highest BCUT2D eigenvalue weighted by Crippen LogP contribution is 2.26. The summed E-state index contributed by atoms with van der Waals surface area (Å²) in [6, 6.07) is 14.9. The van der Waals surface area contributed by atoms with Crippen molar-refractivity contribution >= 4 is 11.7 Å². The van der Waals surface area contributed by atoms with Gasteiger partial charge in [0.25, 0.3) is 0 Å². The molecule has 0 spiro atoms. The molecule has 4 heteroatoms. The number of carbonyl (C=O) groups is 1. The predicted molar refractivity (Wildman–Crippen MR) is 84.7 cm³/mol. The minimum absolute atomic E-state index is 0.149. The van der Waals surface area contributed by atoms with Crippen molar-refractivity contribution in [1.82, 2.24) is 5.32 Å². The molecule has 0 fully saturated rings. The highest BCUT2D eigenvalue weighted by molar-refractivity contribution is 5.89. The molecule has 0 aromatic heterocycles. The summed E-state index contributed by atoms with van der Waals surface area (Å²) in [6.07, 6.45) is 0. The second-order valence-electron chi connectivity index (χ2n) is 4.93. The van der Waals surface area contributed by atoms with Crippen molar-refractivity contribution < 1.29 is 9.53 Å². The number of rotatable bonds is 4. The van der Waals surface area contributed by atoms with Crippen molar-refractivity contribution in [2.45, 2.75) is 19.9 Å². The molecular weight excluding hydrogens is 264 g/mol. The first-order chi connectivity index (χ1) is 10.1. The molecule has 0 unspecified atom stereocenters. The topological polar surface area (TPSA) is 50.4 Å². The van der Waals surface area contributed by atoms with Gasteiger partial charge in [-0.25, -0.2) is 4.79 Å². The quantitative estimate of drug-likeness (QED) is 0.895. The van der Waals surface area contributed by atoms with Crippen molar-refractivity contribution in [2.75, 3.05) is 12.4 Å². The lowest BCUT2D eigenvalue weighted by atomic mass is 10.0. The molecule has 21 heavy (non-hydrogen) atoms. The Bertz CT molecular complexity index is 611. The van der Waals surface area contributed by atoms with Crippen LogP contribution in [0.25, 0.3) is 0 Å². The van der Waals surface area contributed by atoms with Crippen molar-refractivity contribution in [3.05, 3.63) is 59.7 Å². The van der Waals surface area contributed by atoms with Crippen LogP contribution in [-0.2, 0) is 0 Å². The van der Waals surface area contributed by atoms with Gasteiger partial charge >= 0.3 is 6.03 Å². The van der Waals surface area contributed by atoms with E-state index in [-0.39, 0.29) is 12.1 Å². The van der Waals surface area contributed by atoms with Gasteiger partial charge in [0.15, 0.2) is 0 Å². The van der Waals surface area contributed by atoms with E-state index in [2.05, 4.69) is 10.6 Å². The number of methoxy groups -OCH3 is 1. The fourth-order valence-corrected chi connectivity index (χ4v) is 2.16. The van der Waals surface area contributed by atoms with Crippen LogP contribution in [0.3, 0.4) is 0 Å². The normalized spacial score (nSPS) is 11.6. The van der Waals surface area contributed by atoms with E-state index in [4.69, 9.17) is 4.74 Å². The molecule has 0 saturated heterocycles. The van der Waals surface area contributed by atoms with E-state index in [1.807, 2.05) is 62.4 Å². The zero-order valence-electron chi connectivity index (χ0n) is 12.5. The molecule has 0 radical (unpaired) electrons. The summed E-state index contributed by atoms with van der Waals surface area (Å²) in [7, 11) is 1.63. The Labute approximate surface area is 125 Å². The summed E-state index contributed by atoms with van der Waals surface area (Å²) < 4.78 is 5.35. The molecule has 2 amide bonds. The number of benzene rings is 2. The van der Waals surface area contributed by atoms with E-state index in [0.29, 0.717) is 0 Å². The number of ether oxygens (including phenoxy) is 1. The molecule has 0 aliphatic rings. The van der Waals surface area contributed by atoms with Gasteiger partial charge in [-0.2, -0.15) is 0 Å². The zero-order chi connectivity index (χ0) is 15.2. The molecule has 2 aromatic carbocycles. The maximum atomic E-state index is 12.0. The molecule has 110 valence electrons. The molecule has 0 bridgehead atoms. The molecule has 2 aromatic rings. The maximum Gasteiger partial charge on any atom is 0.319 e. The lowest BCUT2D eigenvalue weighted by Crippen LogP contribution is -2.31. The Hall–Kier alpha value is -2.49. The van der Waals surface area contributed by atoms with Crippen molar-refractivity contribution in [2.24, 2.45) is 0 Å². The van der Waals surface area contributed by atoms with Crippen LogP contribution >= 0.6 is 0 Å². The Morgan fingerprint density at radius 3 is 2.52 bits per heavy atom. The SMILES string of the molecule is COc1ccc(C)cc1[C@@H](C)NC(=O)Nc1ccccc1. The first kappa shape index (κ1) is 14.9. The minimum atomic E-state index is -0.239. The number of nitrogens with one attached hydrogen (secondary N) is 2. The average molecular weight is 284 g/mol. The summed E-state index contributed by atoms with van der Waals surface area (Å²) in [4.78, 5) is 12.0. The van der Waals surface area contributed by atoms with E-state index in [0.717, 1.165) is 22.6 Å². The van der Waals surface area contributed by atoms with E-state index >= 15 is 0 Å². The van der Waals surface area contributed by atoms with Gasteiger partial charge in [-0.3, -0.25) is 0 Å². The molecule has 1 atom stereocenters. The third-order valence-corrected chi connectivity index (χ3v) is 3.23. The average Bonchev–Trinajstić information content (AvgIpc) is 2.48. The summed E-state index contributed by atoms with van der Waals surface area (Å²) in [6.45, 7) is 3.95. The fourth-order valence-electron chi connectivity index (χ4n) is 2.16. The molecule has 0 saturated carbocycles. The number of aryl methyl sites for hydroxylation is 1. The van der Waals surface area contributed by atoms with Gasteiger partial charge < -0.3 is 15.4 Å². The van der Waals surface area contributed by atoms with Crippen molar-refractivity contribution in [3.8, 4) is 5.75 Å². The third-order valence-electron chi connectivity index (χ3n) is 3.23. The molecule has 0 heterocycles. The fraction of sp³-hybridized carbons (Fsp3) is 0.235.